The lowest BCUT2D eigenvalue weighted by Crippen LogP contribution is -2.56. The monoisotopic (exact) mass is 531 g/mol. The number of allylic oxidation sites excluding steroid dienone is 1. The molecule has 0 spiro atoms. The maximum Gasteiger partial charge on any atom is 0.234 e. The van der Waals surface area contributed by atoms with Crippen molar-refractivity contribution in [1.82, 2.24) is 0 Å². The number of aliphatic hydroxyl groups is 1. The Hall–Kier alpha value is -2.33. The molecule has 1 aromatic carbocycles. The second-order valence-corrected chi connectivity index (χ2v) is 14.2. The predicted octanol–water partition coefficient (Wildman–Crippen LogP) is 8.72. The van der Waals surface area contributed by atoms with Gasteiger partial charge in [0.05, 0.1) is 18.1 Å². The number of hydrogen-bond acceptors (Lipinski definition) is 3. The zero-order valence-electron chi connectivity index (χ0n) is 25.1. The lowest BCUT2D eigenvalue weighted by molar-refractivity contribution is -0.149. The molecule has 212 valence electrons. The van der Waals surface area contributed by atoms with Crippen molar-refractivity contribution in [2.45, 2.75) is 93.1 Å². The molecule has 2 unspecified atom stereocenters. The van der Waals surface area contributed by atoms with Crippen LogP contribution < -0.4 is 4.90 Å². The average molecular weight is 532 g/mol. The third kappa shape index (κ3) is 4.92. The van der Waals surface area contributed by atoms with Crippen LogP contribution in [0.1, 0.15) is 87.0 Å². The Morgan fingerprint density at radius 3 is 2.38 bits per heavy atom. The summed E-state index contributed by atoms with van der Waals surface area (Å²) in [6.07, 6.45) is 9.62. The van der Waals surface area contributed by atoms with E-state index in [0.29, 0.717) is 23.7 Å². The van der Waals surface area contributed by atoms with Crippen LogP contribution in [0.15, 0.2) is 58.9 Å². The smallest absolute Gasteiger partial charge is 0.234 e. The van der Waals surface area contributed by atoms with Gasteiger partial charge in [-0.15, -0.1) is 0 Å². The van der Waals surface area contributed by atoms with Gasteiger partial charge in [0, 0.05) is 17.7 Å². The molecule has 1 N–H and O–H groups in total. The van der Waals surface area contributed by atoms with Crippen molar-refractivity contribution in [3.05, 3.63) is 54.4 Å². The number of fused-ring (bicyclic) bond motifs is 3. The molecule has 0 saturated heterocycles. The van der Waals surface area contributed by atoms with E-state index in [0.717, 1.165) is 61.1 Å². The van der Waals surface area contributed by atoms with Crippen LogP contribution in [0.5, 0.6) is 0 Å². The van der Waals surface area contributed by atoms with Crippen molar-refractivity contribution < 1.29 is 14.3 Å². The minimum absolute atomic E-state index is 0.0542. The van der Waals surface area contributed by atoms with E-state index in [2.05, 4.69) is 48.5 Å². The number of rotatable bonds is 4. The summed E-state index contributed by atoms with van der Waals surface area (Å²) in [5.74, 6) is 3.18. The second kappa shape index (κ2) is 10.6. The highest BCUT2D eigenvalue weighted by atomic mass is 16.3. The van der Waals surface area contributed by atoms with E-state index in [4.69, 9.17) is 4.42 Å². The minimum Gasteiger partial charge on any atom is -0.464 e. The summed E-state index contributed by atoms with van der Waals surface area (Å²) in [7, 11) is 0. The van der Waals surface area contributed by atoms with Crippen LogP contribution >= 0.6 is 0 Å². The lowest BCUT2D eigenvalue weighted by atomic mass is 9.46. The second-order valence-electron chi connectivity index (χ2n) is 14.2. The molecule has 5 rings (SSSR count). The molecule has 3 fully saturated rings. The van der Waals surface area contributed by atoms with Gasteiger partial charge in [0.2, 0.25) is 5.91 Å². The molecule has 4 heteroatoms. The first kappa shape index (κ1) is 28.2. The molecule has 8 atom stereocenters. The summed E-state index contributed by atoms with van der Waals surface area (Å²) in [5.41, 5.74) is 2.89. The van der Waals surface area contributed by atoms with Gasteiger partial charge in [0.1, 0.15) is 5.76 Å². The van der Waals surface area contributed by atoms with Gasteiger partial charge < -0.3 is 9.52 Å². The molecule has 4 nitrogen and oxygen atoms in total. The number of carbonyl (C=O) groups is 1. The van der Waals surface area contributed by atoms with Crippen molar-refractivity contribution >= 4 is 11.6 Å². The molecular formula is C35H49NO3. The maximum absolute atomic E-state index is 14.9. The Morgan fingerprint density at radius 1 is 0.949 bits per heavy atom. The summed E-state index contributed by atoms with van der Waals surface area (Å²) in [5, 5.41) is 11.3. The number of furan rings is 1. The Kier molecular flexibility index (Phi) is 7.65. The summed E-state index contributed by atoms with van der Waals surface area (Å²) in [4.78, 5) is 16.8. The molecule has 3 aliphatic rings. The Balaban J connectivity index is 1.58. The summed E-state index contributed by atoms with van der Waals surface area (Å²) in [6, 6.07) is 12.0. The van der Waals surface area contributed by atoms with Gasteiger partial charge >= 0.3 is 0 Å². The van der Waals surface area contributed by atoms with Crippen LogP contribution in [0.3, 0.4) is 0 Å². The van der Waals surface area contributed by atoms with E-state index in [-0.39, 0.29) is 34.7 Å². The van der Waals surface area contributed by atoms with Gasteiger partial charge in [-0.1, -0.05) is 52.3 Å². The molecule has 0 aliphatic heterocycles. The highest BCUT2D eigenvalue weighted by Gasteiger charge is 2.57. The number of carbonyl (C=O) groups excluding carboxylic acids is 1. The topological polar surface area (TPSA) is 53.7 Å². The van der Waals surface area contributed by atoms with Crippen molar-refractivity contribution in [2.75, 3.05) is 4.90 Å². The molecule has 3 aliphatic carbocycles. The SMILES string of the molecule is CC(C)=CN(C(=O)C1C[C@@H](C)[C@@H]2CC[C@]3(C)C(O)CC[C@@H](C)[C@H]3C[C@@H]1C2(C)C)c1ccccc1-c1ccco1. The summed E-state index contributed by atoms with van der Waals surface area (Å²) >= 11 is 0. The van der Waals surface area contributed by atoms with E-state index < -0.39 is 0 Å². The van der Waals surface area contributed by atoms with E-state index in [1.807, 2.05) is 47.5 Å². The number of amides is 1. The van der Waals surface area contributed by atoms with Gasteiger partial charge in [-0.3, -0.25) is 9.69 Å². The largest absolute Gasteiger partial charge is 0.464 e. The zero-order chi connectivity index (χ0) is 28.1. The van der Waals surface area contributed by atoms with Crippen LogP contribution in [-0.2, 0) is 4.79 Å². The lowest BCUT2D eigenvalue weighted by Gasteiger charge is -2.59. The first-order chi connectivity index (χ1) is 18.4. The normalized spacial score (nSPS) is 35.7. The molecule has 1 aromatic heterocycles. The standard InChI is InChI=1S/C35H49NO3/c1-22(2)21-36(30-12-9-8-11-25(30)31-13-10-18-39-31)33(38)26-19-24(4)27-16-17-35(7)28(20-29(26)34(27,5)6)23(3)14-15-32(35)37/h8-13,18,21,23-24,26-29,32,37H,14-17,19-20H2,1-7H3/t23-,24-,26?,27+,28-,29+,32?,35+/m1/s1. The molecule has 2 bridgehead atoms. The summed E-state index contributed by atoms with van der Waals surface area (Å²) in [6.45, 7) is 16.1. The fraction of sp³-hybridized carbons (Fsp3) is 0.629. The van der Waals surface area contributed by atoms with Gasteiger partial charge in [-0.05, 0) is 117 Å². The molecule has 39 heavy (non-hydrogen) atoms. The Bertz CT molecular complexity index is 1190. The van der Waals surface area contributed by atoms with Gasteiger partial charge in [0.15, 0.2) is 0 Å². The molecule has 1 amide bonds. The van der Waals surface area contributed by atoms with Crippen LogP contribution in [0, 0.1) is 46.3 Å². The number of anilines is 1. The minimum atomic E-state index is -0.243. The number of para-hydroxylation sites is 1. The van der Waals surface area contributed by atoms with Crippen LogP contribution in [0.4, 0.5) is 5.69 Å². The third-order valence-corrected chi connectivity index (χ3v) is 11.3. The van der Waals surface area contributed by atoms with Gasteiger partial charge in [0.25, 0.3) is 0 Å². The van der Waals surface area contributed by atoms with Crippen LogP contribution in [0.25, 0.3) is 11.3 Å². The van der Waals surface area contributed by atoms with Crippen molar-refractivity contribution in [2.24, 2.45) is 46.3 Å². The van der Waals surface area contributed by atoms with Crippen LogP contribution in [-0.4, -0.2) is 17.1 Å². The Labute approximate surface area is 235 Å². The van der Waals surface area contributed by atoms with E-state index in [1.54, 1.807) is 6.26 Å². The van der Waals surface area contributed by atoms with Crippen molar-refractivity contribution in [3.8, 4) is 11.3 Å². The molecule has 3 saturated carbocycles. The number of aliphatic hydroxyl groups excluding tert-OH is 1. The maximum atomic E-state index is 14.9. The van der Waals surface area contributed by atoms with Gasteiger partial charge in [-0.25, -0.2) is 0 Å². The fourth-order valence-corrected chi connectivity index (χ4v) is 9.11. The van der Waals surface area contributed by atoms with Crippen molar-refractivity contribution in [1.29, 1.82) is 0 Å². The number of benzene rings is 1. The highest BCUT2D eigenvalue weighted by Crippen LogP contribution is 2.62. The third-order valence-electron chi connectivity index (χ3n) is 11.3. The molecule has 2 aromatic rings. The predicted molar refractivity (Wildman–Crippen MR) is 159 cm³/mol. The first-order valence-corrected chi connectivity index (χ1v) is 15.2. The number of hydrogen-bond donors (Lipinski definition) is 1. The Morgan fingerprint density at radius 2 is 1.69 bits per heavy atom. The average Bonchev–Trinajstić information content (AvgIpc) is 3.42. The fourth-order valence-electron chi connectivity index (χ4n) is 9.11. The van der Waals surface area contributed by atoms with Gasteiger partial charge in [-0.2, -0.15) is 0 Å². The van der Waals surface area contributed by atoms with Crippen molar-refractivity contribution in [3.63, 3.8) is 0 Å². The van der Waals surface area contributed by atoms with E-state index in [9.17, 15) is 9.90 Å². The van der Waals surface area contributed by atoms with E-state index in [1.165, 1.54) is 0 Å². The molecular weight excluding hydrogens is 482 g/mol. The van der Waals surface area contributed by atoms with E-state index >= 15 is 0 Å². The zero-order valence-corrected chi connectivity index (χ0v) is 25.1. The first-order valence-electron chi connectivity index (χ1n) is 15.2. The molecule has 0 radical (unpaired) electrons. The summed E-state index contributed by atoms with van der Waals surface area (Å²) < 4.78 is 5.80. The number of nitrogens with zero attached hydrogens (tertiary/aromatic N) is 1. The van der Waals surface area contributed by atoms with Crippen LogP contribution in [0.2, 0.25) is 0 Å². The highest BCUT2D eigenvalue weighted by molar-refractivity contribution is 6.00. The quantitative estimate of drug-likeness (QED) is 0.429. The molecule has 1 heterocycles.